The number of rotatable bonds is 3. The molecule has 0 radical (unpaired) electrons. The van der Waals surface area contributed by atoms with E-state index >= 15 is 0 Å². The van der Waals surface area contributed by atoms with Gasteiger partial charge >= 0.3 is 0 Å². The maximum atomic E-state index is 13.5. The molecule has 2 heteroatoms. The number of benzene rings is 3. The van der Waals surface area contributed by atoms with E-state index in [9.17, 15) is 4.39 Å². The molecule has 20 heavy (non-hydrogen) atoms. The average Bonchev–Trinajstić information content (AvgIpc) is 2.49. The Labute approximate surface area is 117 Å². The van der Waals surface area contributed by atoms with E-state index in [4.69, 9.17) is 4.74 Å². The van der Waals surface area contributed by atoms with Gasteiger partial charge in [-0.1, -0.05) is 48.5 Å². The van der Waals surface area contributed by atoms with Crippen molar-refractivity contribution in [2.45, 2.75) is 0 Å². The van der Waals surface area contributed by atoms with Crippen molar-refractivity contribution in [2.75, 3.05) is 0 Å². The predicted octanol–water partition coefficient (Wildman–Crippen LogP) is 5.29. The van der Waals surface area contributed by atoms with Crippen LogP contribution >= 0.6 is 0 Å². The molecule has 0 fully saturated rings. The summed E-state index contributed by atoms with van der Waals surface area (Å²) in [6.07, 6.45) is 0. The highest BCUT2D eigenvalue weighted by atomic mass is 19.1. The SMILES string of the molecule is Fc1ccc(-c2ccccc2)c(Oc2ccccc2)c1. The third-order valence-corrected chi connectivity index (χ3v) is 3.00. The number of para-hydroxylation sites is 1. The molecule has 0 saturated heterocycles. The van der Waals surface area contributed by atoms with Gasteiger partial charge in [-0.2, -0.15) is 0 Å². The molecule has 3 aromatic rings. The summed E-state index contributed by atoms with van der Waals surface area (Å²) >= 11 is 0. The zero-order valence-corrected chi connectivity index (χ0v) is 10.8. The molecule has 0 bridgehead atoms. The lowest BCUT2D eigenvalue weighted by atomic mass is 10.0. The van der Waals surface area contributed by atoms with E-state index < -0.39 is 0 Å². The Morgan fingerprint density at radius 3 is 2.05 bits per heavy atom. The molecule has 0 amide bonds. The van der Waals surface area contributed by atoms with Gasteiger partial charge in [-0.25, -0.2) is 4.39 Å². The van der Waals surface area contributed by atoms with Crippen LogP contribution in [0.25, 0.3) is 11.1 Å². The fourth-order valence-corrected chi connectivity index (χ4v) is 2.05. The molecule has 0 spiro atoms. The van der Waals surface area contributed by atoms with Gasteiger partial charge in [0.2, 0.25) is 0 Å². The Bertz CT molecular complexity index is 693. The Morgan fingerprint density at radius 2 is 1.35 bits per heavy atom. The lowest BCUT2D eigenvalue weighted by Crippen LogP contribution is -1.89. The Kier molecular flexibility index (Phi) is 3.46. The van der Waals surface area contributed by atoms with E-state index in [2.05, 4.69) is 0 Å². The largest absolute Gasteiger partial charge is 0.457 e. The summed E-state index contributed by atoms with van der Waals surface area (Å²) in [7, 11) is 0. The van der Waals surface area contributed by atoms with Crippen molar-refractivity contribution < 1.29 is 9.13 Å². The smallest absolute Gasteiger partial charge is 0.138 e. The van der Waals surface area contributed by atoms with E-state index in [1.54, 1.807) is 6.07 Å². The predicted molar refractivity (Wildman–Crippen MR) is 78.4 cm³/mol. The van der Waals surface area contributed by atoms with E-state index in [1.807, 2.05) is 60.7 Å². The minimum atomic E-state index is -0.310. The van der Waals surface area contributed by atoms with Gasteiger partial charge in [-0.05, 0) is 29.8 Å². The Balaban J connectivity index is 2.03. The molecular formula is C18H13FO. The summed E-state index contributed by atoms with van der Waals surface area (Å²) in [5, 5.41) is 0. The molecular weight excluding hydrogens is 251 g/mol. The van der Waals surface area contributed by atoms with Crippen molar-refractivity contribution in [3.8, 4) is 22.6 Å². The fraction of sp³-hybridized carbons (Fsp3) is 0. The van der Waals surface area contributed by atoms with Crippen molar-refractivity contribution in [3.05, 3.63) is 84.7 Å². The van der Waals surface area contributed by atoms with Crippen LogP contribution < -0.4 is 4.74 Å². The van der Waals surface area contributed by atoms with E-state index in [0.717, 1.165) is 11.1 Å². The summed E-state index contributed by atoms with van der Waals surface area (Å²) in [6, 6.07) is 23.8. The summed E-state index contributed by atoms with van der Waals surface area (Å²) in [5.41, 5.74) is 1.87. The van der Waals surface area contributed by atoms with Gasteiger partial charge in [0, 0.05) is 11.6 Å². The molecule has 3 aromatic carbocycles. The van der Waals surface area contributed by atoms with Crippen LogP contribution in [0.5, 0.6) is 11.5 Å². The summed E-state index contributed by atoms with van der Waals surface area (Å²) in [5.74, 6) is 0.897. The molecule has 0 saturated carbocycles. The number of hydrogen-bond donors (Lipinski definition) is 0. The minimum absolute atomic E-state index is 0.310. The number of hydrogen-bond acceptors (Lipinski definition) is 1. The van der Waals surface area contributed by atoms with Crippen LogP contribution in [0.15, 0.2) is 78.9 Å². The maximum Gasteiger partial charge on any atom is 0.138 e. The quantitative estimate of drug-likeness (QED) is 0.625. The van der Waals surface area contributed by atoms with Crippen molar-refractivity contribution in [1.82, 2.24) is 0 Å². The zero-order chi connectivity index (χ0) is 13.8. The van der Waals surface area contributed by atoms with Crippen LogP contribution in [0, 0.1) is 5.82 Å². The first kappa shape index (κ1) is 12.4. The van der Waals surface area contributed by atoms with Gasteiger partial charge in [0.05, 0.1) is 0 Å². The van der Waals surface area contributed by atoms with Crippen LogP contribution in [-0.2, 0) is 0 Å². The molecule has 0 unspecified atom stereocenters. The third kappa shape index (κ3) is 2.69. The topological polar surface area (TPSA) is 9.23 Å². The first-order chi connectivity index (χ1) is 9.83. The van der Waals surface area contributed by atoms with Crippen LogP contribution in [0.1, 0.15) is 0 Å². The average molecular weight is 264 g/mol. The van der Waals surface area contributed by atoms with Gasteiger partial charge in [0.15, 0.2) is 0 Å². The number of ether oxygens (including phenoxy) is 1. The first-order valence-electron chi connectivity index (χ1n) is 6.41. The second kappa shape index (κ2) is 5.57. The van der Waals surface area contributed by atoms with Crippen LogP contribution in [-0.4, -0.2) is 0 Å². The second-order valence-electron chi connectivity index (χ2n) is 4.42. The molecule has 0 heterocycles. The molecule has 0 aliphatic carbocycles. The minimum Gasteiger partial charge on any atom is -0.457 e. The highest BCUT2D eigenvalue weighted by Gasteiger charge is 2.08. The molecule has 0 aliphatic heterocycles. The highest BCUT2D eigenvalue weighted by molar-refractivity contribution is 5.70. The summed E-state index contributed by atoms with van der Waals surface area (Å²) in [6.45, 7) is 0. The van der Waals surface area contributed by atoms with Gasteiger partial charge in [-0.15, -0.1) is 0 Å². The van der Waals surface area contributed by atoms with Gasteiger partial charge < -0.3 is 4.74 Å². The molecule has 0 N–H and O–H groups in total. The first-order valence-corrected chi connectivity index (χ1v) is 6.41. The Morgan fingerprint density at radius 1 is 0.700 bits per heavy atom. The highest BCUT2D eigenvalue weighted by Crippen LogP contribution is 2.33. The Hall–Kier alpha value is -2.61. The fourth-order valence-electron chi connectivity index (χ4n) is 2.05. The van der Waals surface area contributed by atoms with Gasteiger partial charge in [0.1, 0.15) is 17.3 Å². The third-order valence-electron chi connectivity index (χ3n) is 3.00. The monoisotopic (exact) mass is 264 g/mol. The summed E-state index contributed by atoms with van der Waals surface area (Å²) < 4.78 is 19.3. The van der Waals surface area contributed by atoms with E-state index in [-0.39, 0.29) is 5.82 Å². The molecule has 0 aliphatic rings. The normalized spacial score (nSPS) is 10.2. The van der Waals surface area contributed by atoms with Crippen LogP contribution in [0.4, 0.5) is 4.39 Å². The van der Waals surface area contributed by atoms with Crippen LogP contribution in [0.2, 0.25) is 0 Å². The van der Waals surface area contributed by atoms with Gasteiger partial charge in [0.25, 0.3) is 0 Å². The molecule has 3 rings (SSSR count). The van der Waals surface area contributed by atoms with Crippen LogP contribution in [0.3, 0.4) is 0 Å². The van der Waals surface area contributed by atoms with Crippen molar-refractivity contribution in [1.29, 1.82) is 0 Å². The van der Waals surface area contributed by atoms with Crippen molar-refractivity contribution in [3.63, 3.8) is 0 Å². The maximum absolute atomic E-state index is 13.5. The lowest BCUT2D eigenvalue weighted by molar-refractivity contribution is 0.478. The number of halogens is 1. The summed E-state index contributed by atoms with van der Waals surface area (Å²) in [4.78, 5) is 0. The molecule has 1 nitrogen and oxygen atoms in total. The molecule has 0 atom stereocenters. The van der Waals surface area contributed by atoms with Gasteiger partial charge in [-0.3, -0.25) is 0 Å². The van der Waals surface area contributed by atoms with Crippen molar-refractivity contribution >= 4 is 0 Å². The standard InChI is InChI=1S/C18H13FO/c19-15-11-12-17(14-7-3-1-4-8-14)18(13-15)20-16-9-5-2-6-10-16/h1-13H. The lowest BCUT2D eigenvalue weighted by Gasteiger charge is -2.11. The zero-order valence-electron chi connectivity index (χ0n) is 10.8. The van der Waals surface area contributed by atoms with Crippen molar-refractivity contribution in [2.24, 2.45) is 0 Å². The van der Waals surface area contributed by atoms with E-state index in [1.165, 1.54) is 12.1 Å². The molecule has 0 aromatic heterocycles. The molecule has 98 valence electrons. The van der Waals surface area contributed by atoms with E-state index in [0.29, 0.717) is 11.5 Å². The second-order valence-corrected chi connectivity index (χ2v) is 4.42.